The first kappa shape index (κ1) is 12.8. The highest BCUT2D eigenvalue weighted by Gasteiger charge is 2.20. The van der Waals surface area contributed by atoms with Gasteiger partial charge in [-0.15, -0.1) is 0 Å². The van der Waals surface area contributed by atoms with Gasteiger partial charge in [0.1, 0.15) is 0 Å². The van der Waals surface area contributed by atoms with Crippen molar-refractivity contribution in [2.45, 2.75) is 31.7 Å². The lowest BCUT2D eigenvalue weighted by Gasteiger charge is -2.09. The van der Waals surface area contributed by atoms with Gasteiger partial charge in [-0.1, -0.05) is 33.9 Å². The number of nitrogens with zero attached hydrogens (tertiary/aromatic N) is 2. The second kappa shape index (κ2) is 5.84. The van der Waals surface area contributed by atoms with E-state index >= 15 is 0 Å². The van der Waals surface area contributed by atoms with Gasteiger partial charge < -0.3 is 9.84 Å². The van der Waals surface area contributed by atoms with Crippen LogP contribution in [0.15, 0.2) is 33.3 Å². The van der Waals surface area contributed by atoms with Crippen LogP contribution < -0.4 is 5.32 Å². The number of aromatic nitrogens is 2. The summed E-state index contributed by atoms with van der Waals surface area (Å²) >= 11 is 3.42. The molecule has 0 spiro atoms. The van der Waals surface area contributed by atoms with Crippen molar-refractivity contribution >= 4 is 15.9 Å². The van der Waals surface area contributed by atoms with Gasteiger partial charge in [0.2, 0.25) is 11.7 Å². The SMILES string of the molecule is Brc1ccc(-c2noc(C3CCCCCN3)n2)cc1. The van der Waals surface area contributed by atoms with E-state index in [2.05, 4.69) is 31.4 Å². The molecule has 2 heterocycles. The molecule has 1 fully saturated rings. The molecule has 1 atom stereocenters. The highest BCUT2D eigenvalue weighted by molar-refractivity contribution is 9.10. The number of nitrogens with one attached hydrogen (secondary N) is 1. The van der Waals surface area contributed by atoms with Crippen molar-refractivity contribution in [3.05, 3.63) is 34.6 Å². The maximum Gasteiger partial charge on any atom is 0.244 e. The molecule has 0 radical (unpaired) electrons. The van der Waals surface area contributed by atoms with Crippen molar-refractivity contribution < 1.29 is 4.52 Å². The third-order valence-electron chi connectivity index (χ3n) is 3.40. The van der Waals surface area contributed by atoms with Crippen LogP contribution in [0.4, 0.5) is 0 Å². The van der Waals surface area contributed by atoms with Gasteiger partial charge in [-0.3, -0.25) is 0 Å². The molecule has 1 aromatic carbocycles. The molecule has 2 aromatic rings. The third-order valence-corrected chi connectivity index (χ3v) is 3.93. The van der Waals surface area contributed by atoms with E-state index in [9.17, 15) is 0 Å². The van der Waals surface area contributed by atoms with Crippen molar-refractivity contribution in [3.63, 3.8) is 0 Å². The summed E-state index contributed by atoms with van der Waals surface area (Å²) in [6.45, 7) is 1.03. The second-order valence-electron chi connectivity index (χ2n) is 4.82. The molecule has 4 nitrogen and oxygen atoms in total. The maximum atomic E-state index is 5.41. The molecule has 0 bridgehead atoms. The summed E-state index contributed by atoms with van der Waals surface area (Å²) in [6.07, 6.45) is 4.79. The van der Waals surface area contributed by atoms with E-state index in [-0.39, 0.29) is 6.04 Å². The normalized spacial score (nSPS) is 20.2. The van der Waals surface area contributed by atoms with Crippen molar-refractivity contribution in [3.8, 4) is 11.4 Å². The summed E-state index contributed by atoms with van der Waals surface area (Å²) in [4.78, 5) is 4.52. The first-order valence-corrected chi connectivity index (χ1v) is 7.45. The van der Waals surface area contributed by atoms with Crippen LogP contribution in [0.2, 0.25) is 0 Å². The standard InChI is InChI=1S/C14H16BrN3O/c15-11-7-5-10(6-8-11)13-17-14(19-18-13)12-4-2-1-3-9-16-12/h5-8,12,16H,1-4,9H2. The number of hydrogen-bond acceptors (Lipinski definition) is 4. The molecule has 0 saturated carbocycles. The Morgan fingerprint density at radius 2 is 2.00 bits per heavy atom. The van der Waals surface area contributed by atoms with Crippen LogP contribution in [0.5, 0.6) is 0 Å². The van der Waals surface area contributed by atoms with Crippen LogP contribution in [0, 0.1) is 0 Å². The zero-order chi connectivity index (χ0) is 13.1. The Morgan fingerprint density at radius 1 is 1.16 bits per heavy atom. The lowest BCUT2D eigenvalue weighted by atomic mass is 10.1. The van der Waals surface area contributed by atoms with Crippen LogP contribution in [0.3, 0.4) is 0 Å². The molecule has 1 aliphatic heterocycles. The molecule has 1 aromatic heterocycles. The fourth-order valence-corrected chi connectivity index (χ4v) is 2.60. The van der Waals surface area contributed by atoms with Gasteiger partial charge in [-0.05, 0) is 43.7 Å². The Bertz CT molecular complexity index is 530. The minimum atomic E-state index is 0.208. The zero-order valence-electron chi connectivity index (χ0n) is 10.6. The van der Waals surface area contributed by atoms with Crippen LogP contribution >= 0.6 is 15.9 Å². The van der Waals surface area contributed by atoms with E-state index in [1.165, 1.54) is 19.3 Å². The summed E-state index contributed by atoms with van der Waals surface area (Å²) < 4.78 is 6.46. The minimum Gasteiger partial charge on any atom is -0.337 e. The fourth-order valence-electron chi connectivity index (χ4n) is 2.33. The molecule has 19 heavy (non-hydrogen) atoms. The Morgan fingerprint density at radius 3 is 2.84 bits per heavy atom. The Hall–Kier alpha value is -1.20. The molecule has 1 unspecified atom stereocenters. The lowest BCUT2D eigenvalue weighted by Crippen LogP contribution is -2.20. The lowest BCUT2D eigenvalue weighted by molar-refractivity contribution is 0.327. The van der Waals surface area contributed by atoms with Gasteiger partial charge >= 0.3 is 0 Å². The molecule has 0 aliphatic carbocycles. The Balaban J connectivity index is 1.80. The van der Waals surface area contributed by atoms with E-state index in [1.54, 1.807) is 0 Å². The number of hydrogen-bond donors (Lipinski definition) is 1. The van der Waals surface area contributed by atoms with Gasteiger partial charge in [-0.25, -0.2) is 0 Å². The second-order valence-corrected chi connectivity index (χ2v) is 5.73. The number of benzene rings is 1. The molecule has 100 valence electrons. The predicted molar refractivity (Wildman–Crippen MR) is 76.6 cm³/mol. The zero-order valence-corrected chi connectivity index (χ0v) is 12.2. The highest BCUT2D eigenvalue weighted by atomic mass is 79.9. The molecular weight excluding hydrogens is 306 g/mol. The van der Waals surface area contributed by atoms with Gasteiger partial charge in [0.25, 0.3) is 0 Å². The minimum absolute atomic E-state index is 0.208. The fraction of sp³-hybridized carbons (Fsp3) is 0.429. The average molecular weight is 322 g/mol. The first-order valence-electron chi connectivity index (χ1n) is 6.66. The molecule has 0 amide bonds. The van der Waals surface area contributed by atoms with Gasteiger partial charge in [-0.2, -0.15) is 4.98 Å². The van der Waals surface area contributed by atoms with E-state index in [1.807, 2.05) is 24.3 Å². The Labute approximate surface area is 120 Å². The van der Waals surface area contributed by atoms with Gasteiger partial charge in [0.05, 0.1) is 6.04 Å². The number of halogens is 1. The Kier molecular flexibility index (Phi) is 3.94. The smallest absolute Gasteiger partial charge is 0.244 e. The molecule has 5 heteroatoms. The summed E-state index contributed by atoms with van der Waals surface area (Å²) in [7, 11) is 0. The quantitative estimate of drug-likeness (QED) is 0.916. The van der Waals surface area contributed by atoms with Crippen LogP contribution in [0.1, 0.15) is 37.6 Å². The van der Waals surface area contributed by atoms with E-state index in [4.69, 9.17) is 4.52 Å². The van der Waals surface area contributed by atoms with Crippen LogP contribution in [-0.2, 0) is 0 Å². The average Bonchev–Trinajstić information content (AvgIpc) is 2.76. The monoisotopic (exact) mass is 321 g/mol. The summed E-state index contributed by atoms with van der Waals surface area (Å²) in [5, 5.41) is 7.55. The topological polar surface area (TPSA) is 51.0 Å². The third kappa shape index (κ3) is 3.04. The summed E-state index contributed by atoms with van der Waals surface area (Å²) in [5.41, 5.74) is 0.979. The molecule has 1 saturated heterocycles. The van der Waals surface area contributed by atoms with E-state index in [0.717, 1.165) is 23.0 Å². The van der Waals surface area contributed by atoms with Crippen molar-refractivity contribution in [2.24, 2.45) is 0 Å². The van der Waals surface area contributed by atoms with Crippen LogP contribution in [0.25, 0.3) is 11.4 Å². The summed E-state index contributed by atoms with van der Waals surface area (Å²) in [6, 6.07) is 8.14. The predicted octanol–water partition coefficient (Wildman–Crippen LogP) is 3.70. The van der Waals surface area contributed by atoms with Gasteiger partial charge in [0, 0.05) is 10.0 Å². The van der Waals surface area contributed by atoms with E-state index < -0.39 is 0 Å². The molecule has 1 aliphatic rings. The molecule has 1 N–H and O–H groups in total. The first-order chi connectivity index (χ1) is 9.33. The van der Waals surface area contributed by atoms with Crippen molar-refractivity contribution in [2.75, 3.05) is 6.54 Å². The molecular formula is C14H16BrN3O. The van der Waals surface area contributed by atoms with Gasteiger partial charge in [0.15, 0.2) is 0 Å². The van der Waals surface area contributed by atoms with Crippen molar-refractivity contribution in [1.29, 1.82) is 0 Å². The highest BCUT2D eigenvalue weighted by Crippen LogP contribution is 2.24. The molecule has 3 rings (SSSR count). The largest absolute Gasteiger partial charge is 0.337 e. The maximum absolute atomic E-state index is 5.41. The van der Waals surface area contributed by atoms with Crippen LogP contribution in [-0.4, -0.2) is 16.7 Å². The number of rotatable bonds is 2. The van der Waals surface area contributed by atoms with Crippen molar-refractivity contribution in [1.82, 2.24) is 15.5 Å². The van der Waals surface area contributed by atoms with E-state index in [0.29, 0.717) is 11.7 Å². The summed E-state index contributed by atoms with van der Waals surface area (Å²) in [5.74, 6) is 1.37.